The molecule has 1 aromatic rings. The number of pyridine rings is 1. The molecule has 5 heteroatoms. The zero-order chi connectivity index (χ0) is 12.4. The van der Waals surface area contributed by atoms with Gasteiger partial charge in [-0.2, -0.15) is 0 Å². The number of hydrazine groups is 1. The van der Waals surface area contributed by atoms with Gasteiger partial charge in [0.2, 0.25) is 5.91 Å². The third kappa shape index (κ3) is 2.37. The van der Waals surface area contributed by atoms with Gasteiger partial charge in [0.05, 0.1) is 6.17 Å². The number of rotatable bonds is 3. The molecule has 0 bridgehead atoms. The second-order valence-corrected chi connectivity index (χ2v) is 5.05. The van der Waals surface area contributed by atoms with Gasteiger partial charge in [0.25, 0.3) is 0 Å². The number of carbonyl (C=O) groups is 1. The Morgan fingerprint density at radius 2 is 2.06 bits per heavy atom. The number of nitrogens with zero attached hydrogens (tertiary/aromatic N) is 1. The summed E-state index contributed by atoms with van der Waals surface area (Å²) in [5, 5.41) is 3.05. The van der Waals surface area contributed by atoms with Gasteiger partial charge in [0.1, 0.15) is 0 Å². The van der Waals surface area contributed by atoms with Gasteiger partial charge in [0, 0.05) is 30.8 Å². The summed E-state index contributed by atoms with van der Waals surface area (Å²) in [5.41, 5.74) is 7.54. The van der Waals surface area contributed by atoms with E-state index >= 15 is 0 Å². The fourth-order valence-corrected chi connectivity index (χ4v) is 2.42. The third-order valence-corrected chi connectivity index (χ3v) is 3.80. The van der Waals surface area contributed by atoms with Gasteiger partial charge in [-0.05, 0) is 30.5 Å². The fraction of sp³-hybridized carbons (Fsp3) is 0.538. The molecule has 3 rings (SSSR count). The van der Waals surface area contributed by atoms with Gasteiger partial charge in [-0.25, -0.2) is 10.9 Å². The SMILES string of the molecule is O=C(NC1CC(c2ccncc2)NN1)C1CCC1. The van der Waals surface area contributed by atoms with Crippen LogP contribution in [0.25, 0.3) is 0 Å². The number of carbonyl (C=O) groups excluding carboxylic acids is 1. The molecule has 96 valence electrons. The maximum atomic E-state index is 11.8. The second kappa shape index (κ2) is 5.04. The molecular weight excluding hydrogens is 228 g/mol. The summed E-state index contributed by atoms with van der Waals surface area (Å²) >= 11 is 0. The Morgan fingerprint density at radius 1 is 1.28 bits per heavy atom. The lowest BCUT2D eigenvalue weighted by atomic mass is 9.85. The number of nitrogens with one attached hydrogen (secondary N) is 3. The molecule has 1 amide bonds. The second-order valence-electron chi connectivity index (χ2n) is 5.05. The minimum absolute atomic E-state index is 0.0243. The van der Waals surface area contributed by atoms with Gasteiger partial charge in [-0.1, -0.05) is 6.42 Å². The standard InChI is InChI=1S/C13H18N4O/c18-13(10-2-1-3-10)15-12-8-11(16-17-12)9-4-6-14-7-5-9/h4-7,10-12,16-17H,1-3,8H2,(H,15,18). The summed E-state index contributed by atoms with van der Waals surface area (Å²) in [7, 11) is 0. The number of hydrogen-bond donors (Lipinski definition) is 3. The van der Waals surface area contributed by atoms with E-state index in [0.29, 0.717) is 0 Å². The number of amides is 1. The van der Waals surface area contributed by atoms with Crippen molar-refractivity contribution in [1.82, 2.24) is 21.2 Å². The smallest absolute Gasteiger partial charge is 0.224 e. The van der Waals surface area contributed by atoms with Crippen molar-refractivity contribution in [2.45, 2.75) is 37.9 Å². The van der Waals surface area contributed by atoms with Crippen molar-refractivity contribution in [3.8, 4) is 0 Å². The molecule has 2 fully saturated rings. The first kappa shape index (κ1) is 11.6. The largest absolute Gasteiger partial charge is 0.339 e. The monoisotopic (exact) mass is 246 g/mol. The number of hydrogen-bond acceptors (Lipinski definition) is 4. The predicted molar refractivity (Wildman–Crippen MR) is 67.1 cm³/mol. The van der Waals surface area contributed by atoms with Crippen LogP contribution in [0.4, 0.5) is 0 Å². The first-order chi connectivity index (χ1) is 8.83. The minimum Gasteiger partial charge on any atom is -0.339 e. The van der Waals surface area contributed by atoms with Gasteiger partial charge in [-0.3, -0.25) is 9.78 Å². The molecule has 2 atom stereocenters. The molecule has 5 nitrogen and oxygen atoms in total. The molecule has 0 spiro atoms. The lowest BCUT2D eigenvalue weighted by Gasteiger charge is -2.25. The Balaban J connectivity index is 1.53. The molecule has 0 aromatic carbocycles. The van der Waals surface area contributed by atoms with Crippen molar-refractivity contribution in [2.75, 3.05) is 0 Å². The van der Waals surface area contributed by atoms with Gasteiger partial charge < -0.3 is 5.32 Å². The Bertz CT molecular complexity index is 418. The van der Waals surface area contributed by atoms with E-state index in [1.807, 2.05) is 12.1 Å². The molecule has 2 unspecified atom stereocenters. The first-order valence-corrected chi connectivity index (χ1v) is 6.54. The van der Waals surface area contributed by atoms with Gasteiger partial charge in [0.15, 0.2) is 0 Å². The maximum Gasteiger partial charge on any atom is 0.224 e. The lowest BCUT2D eigenvalue weighted by Crippen LogP contribution is -2.47. The van der Waals surface area contributed by atoms with Crippen molar-refractivity contribution in [1.29, 1.82) is 0 Å². The molecule has 0 radical (unpaired) electrons. The van der Waals surface area contributed by atoms with Crippen molar-refractivity contribution < 1.29 is 4.79 Å². The lowest BCUT2D eigenvalue weighted by molar-refractivity contribution is -0.128. The Morgan fingerprint density at radius 3 is 2.72 bits per heavy atom. The Labute approximate surface area is 106 Å². The van der Waals surface area contributed by atoms with E-state index in [4.69, 9.17) is 0 Å². The summed E-state index contributed by atoms with van der Waals surface area (Å²) < 4.78 is 0. The van der Waals surface area contributed by atoms with Crippen LogP contribution in [0.3, 0.4) is 0 Å². The van der Waals surface area contributed by atoms with Crippen LogP contribution < -0.4 is 16.2 Å². The van der Waals surface area contributed by atoms with E-state index in [2.05, 4.69) is 21.2 Å². The van der Waals surface area contributed by atoms with E-state index in [9.17, 15) is 4.79 Å². The van der Waals surface area contributed by atoms with Crippen LogP contribution in [0.15, 0.2) is 24.5 Å². The Kier molecular flexibility index (Phi) is 3.25. The van der Waals surface area contributed by atoms with E-state index in [-0.39, 0.29) is 24.0 Å². The van der Waals surface area contributed by atoms with E-state index in [1.54, 1.807) is 12.4 Å². The zero-order valence-corrected chi connectivity index (χ0v) is 10.2. The van der Waals surface area contributed by atoms with Gasteiger partial charge >= 0.3 is 0 Å². The molecule has 1 aromatic heterocycles. The van der Waals surface area contributed by atoms with Crippen LogP contribution in [0.2, 0.25) is 0 Å². The summed E-state index contributed by atoms with van der Waals surface area (Å²) in [6.45, 7) is 0. The summed E-state index contributed by atoms with van der Waals surface area (Å²) in [5.74, 6) is 0.433. The molecule has 2 aliphatic rings. The maximum absolute atomic E-state index is 11.8. The quantitative estimate of drug-likeness (QED) is 0.740. The normalized spacial score (nSPS) is 27.8. The minimum atomic E-state index is 0.0243. The van der Waals surface area contributed by atoms with Crippen molar-refractivity contribution in [2.24, 2.45) is 5.92 Å². The highest BCUT2D eigenvalue weighted by molar-refractivity contribution is 5.79. The van der Waals surface area contributed by atoms with Crippen LogP contribution in [-0.4, -0.2) is 17.1 Å². The molecule has 1 saturated heterocycles. The highest BCUT2D eigenvalue weighted by Gasteiger charge is 2.30. The number of aromatic nitrogens is 1. The topological polar surface area (TPSA) is 66.0 Å². The average Bonchev–Trinajstić information content (AvgIpc) is 2.76. The molecule has 2 heterocycles. The van der Waals surface area contributed by atoms with Crippen molar-refractivity contribution in [3.63, 3.8) is 0 Å². The van der Waals surface area contributed by atoms with E-state index in [1.165, 1.54) is 12.0 Å². The van der Waals surface area contributed by atoms with Crippen LogP contribution in [0, 0.1) is 5.92 Å². The van der Waals surface area contributed by atoms with Crippen LogP contribution in [0.1, 0.15) is 37.3 Å². The fourth-order valence-electron chi connectivity index (χ4n) is 2.42. The van der Waals surface area contributed by atoms with Crippen molar-refractivity contribution in [3.05, 3.63) is 30.1 Å². The van der Waals surface area contributed by atoms with Crippen molar-refractivity contribution >= 4 is 5.91 Å². The van der Waals surface area contributed by atoms with Gasteiger partial charge in [-0.15, -0.1) is 0 Å². The molecule has 1 aliphatic carbocycles. The molecule has 1 aliphatic heterocycles. The molecule has 3 N–H and O–H groups in total. The first-order valence-electron chi connectivity index (χ1n) is 6.54. The van der Waals surface area contributed by atoms with Crippen LogP contribution >= 0.6 is 0 Å². The highest BCUT2D eigenvalue weighted by atomic mass is 16.2. The van der Waals surface area contributed by atoms with Crippen LogP contribution in [-0.2, 0) is 4.79 Å². The zero-order valence-electron chi connectivity index (χ0n) is 10.2. The summed E-state index contributed by atoms with van der Waals surface area (Å²) in [6, 6.07) is 4.23. The highest BCUT2D eigenvalue weighted by Crippen LogP contribution is 2.27. The molecule has 18 heavy (non-hydrogen) atoms. The predicted octanol–water partition coefficient (Wildman–Crippen LogP) is 0.863. The average molecular weight is 246 g/mol. The molecular formula is C13H18N4O. The Hall–Kier alpha value is -1.46. The third-order valence-electron chi connectivity index (χ3n) is 3.80. The summed E-state index contributed by atoms with van der Waals surface area (Å²) in [4.78, 5) is 15.8. The molecule has 1 saturated carbocycles. The summed E-state index contributed by atoms with van der Waals surface area (Å²) in [6.07, 6.45) is 7.74. The van der Waals surface area contributed by atoms with E-state index < -0.39 is 0 Å². The van der Waals surface area contributed by atoms with Crippen LogP contribution in [0.5, 0.6) is 0 Å². The van der Waals surface area contributed by atoms with E-state index in [0.717, 1.165) is 19.3 Å².